The number of carbonyl (C=O) groups is 1. The predicted molar refractivity (Wildman–Crippen MR) is 133 cm³/mol. The third kappa shape index (κ3) is 5.76. The van der Waals surface area contributed by atoms with Gasteiger partial charge in [0.25, 0.3) is 0 Å². The van der Waals surface area contributed by atoms with Gasteiger partial charge in [0.05, 0.1) is 14.2 Å². The molecule has 0 aromatic heterocycles. The molecule has 0 radical (unpaired) electrons. The van der Waals surface area contributed by atoms with Gasteiger partial charge in [-0.1, -0.05) is 18.2 Å². The summed E-state index contributed by atoms with van der Waals surface area (Å²) in [6.07, 6.45) is 0.545. The molecule has 0 bridgehead atoms. The Morgan fingerprint density at radius 1 is 0.848 bits per heavy atom. The Morgan fingerprint density at radius 2 is 1.48 bits per heavy atom. The van der Waals surface area contributed by atoms with E-state index in [0.717, 1.165) is 50.8 Å². The Morgan fingerprint density at radius 3 is 2.18 bits per heavy atom. The molecular formula is C27H33N3O3. The number of benzene rings is 3. The van der Waals surface area contributed by atoms with E-state index in [1.807, 2.05) is 23.1 Å². The molecule has 0 aliphatic carbocycles. The Bertz CT molecular complexity index is 1080. The highest BCUT2D eigenvalue weighted by Gasteiger charge is 2.21. The van der Waals surface area contributed by atoms with Crippen molar-refractivity contribution in [3.63, 3.8) is 0 Å². The van der Waals surface area contributed by atoms with Crippen LogP contribution < -0.4 is 14.4 Å². The molecule has 6 nitrogen and oxygen atoms in total. The molecule has 0 unspecified atom stereocenters. The van der Waals surface area contributed by atoms with Crippen LogP contribution in [0.25, 0.3) is 10.8 Å². The molecule has 1 aliphatic rings. The van der Waals surface area contributed by atoms with Crippen molar-refractivity contribution in [3.05, 3.63) is 66.2 Å². The summed E-state index contributed by atoms with van der Waals surface area (Å²) in [6.45, 7) is 4.82. The van der Waals surface area contributed by atoms with E-state index < -0.39 is 0 Å². The molecule has 1 aliphatic heterocycles. The summed E-state index contributed by atoms with van der Waals surface area (Å²) in [5, 5.41) is 2.37. The highest BCUT2D eigenvalue weighted by Crippen LogP contribution is 2.23. The van der Waals surface area contributed by atoms with Crippen LogP contribution in [-0.4, -0.2) is 69.7 Å². The smallest absolute Gasteiger partial charge is 0.223 e. The van der Waals surface area contributed by atoms with Gasteiger partial charge in [-0.15, -0.1) is 0 Å². The number of ether oxygens (including phenoxy) is 2. The fraction of sp³-hybridized carbons (Fsp3) is 0.370. The van der Waals surface area contributed by atoms with Crippen LogP contribution in [0.1, 0.15) is 12.0 Å². The van der Waals surface area contributed by atoms with Crippen molar-refractivity contribution in [2.24, 2.45) is 0 Å². The van der Waals surface area contributed by atoms with Crippen molar-refractivity contribution >= 4 is 22.4 Å². The molecule has 3 aromatic rings. The lowest BCUT2D eigenvalue weighted by molar-refractivity contribution is -0.131. The quantitative estimate of drug-likeness (QED) is 0.522. The molecule has 4 rings (SSSR count). The molecule has 6 heteroatoms. The van der Waals surface area contributed by atoms with Gasteiger partial charge in [0.1, 0.15) is 11.5 Å². The maximum absolute atomic E-state index is 12.8. The van der Waals surface area contributed by atoms with Crippen molar-refractivity contribution < 1.29 is 14.3 Å². The first-order valence-electron chi connectivity index (χ1n) is 11.5. The van der Waals surface area contributed by atoms with Gasteiger partial charge in [-0.05, 0) is 65.8 Å². The lowest BCUT2D eigenvalue weighted by atomic mass is 10.1. The Labute approximate surface area is 196 Å². The van der Waals surface area contributed by atoms with Crippen LogP contribution in [0.5, 0.6) is 11.5 Å². The Balaban J connectivity index is 1.23. The summed E-state index contributed by atoms with van der Waals surface area (Å²) in [4.78, 5) is 19.3. The number of nitrogens with zero attached hydrogens (tertiary/aromatic N) is 3. The van der Waals surface area contributed by atoms with E-state index in [9.17, 15) is 4.79 Å². The molecule has 0 saturated carbocycles. The number of fused-ring (bicyclic) bond motifs is 1. The maximum Gasteiger partial charge on any atom is 0.223 e. The summed E-state index contributed by atoms with van der Waals surface area (Å²) in [6, 6.07) is 20.7. The van der Waals surface area contributed by atoms with E-state index in [1.54, 1.807) is 14.2 Å². The zero-order chi connectivity index (χ0) is 23.2. The number of methoxy groups -OCH3 is 2. The van der Waals surface area contributed by atoms with Crippen molar-refractivity contribution in [2.45, 2.75) is 13.0 Å². The highest BCUT2D eigenvalue weighted by atomic mass is 16.5. The van der Waals surface area contributed by atoms with Crippen molar-refractivity contribution in [3.8, 4) is 11.5 Å². The third-order valence-corrected chi connectivity index (χ3v) is 6.34. The van der Waals surface area contributed by atoms with Crippen LogP contribution in [0, 0.1) is 0 Å². The summed E-state index contributed by atoms with van der Waals surface area (Å²) < 4.78 is 10.5. The van der Waals surface area contributed by atoms with Gasteiger partial charge in [-0.2, -0.15) is 0 Å². The number of rotatable bonds is 8. The molecule has 1 amide bonds. The fourth-order valence-corrected chi connectivity index (χ4v) is 4.34. The van der Waals surface area contributed by atoms with Gasteiger partial charge in [0.15, 0.2) is 0 Å². The molecule has 0 N–H and O–H groups in total. The number of anilines is 1. The normalized spacial score (nSPS) is 14.1. The lowest BCUT2D eigenvalue weighted by Gasteiger charge is -2.36. The number of amides is 1. The summed E-state index contributed by atoms with van der Waals surface area (Å²) in [7, 11) is 5.44. The minimum Gasteiger partial charge on any atom is -0.497 e. The molecule has 0 spiro atoms. The zero-order valence-corrected chi connectivity index (χ0v) is 19.8. The van der Waals surface area contributed by atoms with Crippen LogP contribution in [0.15, 0.2) is 60.7 Å². The third-order valence-electron chi connectivity index (χ3n) is 6.34. The largest absolute Gasteiger partial charge is 0.497 e. The average molecular weight is 448 g/mol. The van der Waals surface area contributed by atoms with E-state index in [2.05, 4.69) is 59.3 Å². The second-order valence-electron chi connectivity index (χ2n) is 8.60. The summed E-state index contributed by atoms with van der Waals surface area (Å²) in [5.41, 5.74) is 2.42. The van der Waals surface area contributed by atoms with Crippen LogP contribution in [0.2, 0.25) is 0 Å². The molecular weight excluding hydrogens is 414 g/mol. The molecule has 3 aromatic carbocycles. The highest BCUT2D eigenvalue weighted by molar-refractivity contribution is 5.84. The average Bonchev–Trinajstić information content (AvgIpc) is 2.87. The molecule has 1 heterocycles. The maximum atomic E-state index is 12.8. The topological polar surface area (TPSA) is 45.2 Å². The van der Waals surface area contributed by atoms with Crippen LogP contribution in [0.3, 0.4) is 0 Å². The van der Waals surface area contributed by atoms with E-state index >= 15 is 0 Å². The molecule has 1 saturated heterocycles. The fourth-order valence-electron chi connectivity index (χ4n) is 4.34. The first kappa shape index (κ1) is 22.9. The van der Waals surface area contributed by atoms with Crippen LogP contribution in [0.4, 0.5) is 5.69 Å². The first-order valence-corrected chi connectivity index (χ1v) is 11.5. The number of piperazine rings is 1. The van der Waals surface area contributed by atoms with Gasteiger partial charge < -0.3 is 24.2 Å². The number of hydrogen-bond acceptors (Lipinski definition) is 5. The monoisotopic (exact) mass is 447 g/mol. The SMILES string of the molecule is COc1ccc(N2CCN(C(=O)CCN(C)Cc3ccc4cc(OC)ccc4c3)CC2)cc1. The number of carbonyl (C=O) groups excluding carboxylic acids is 1. The zero-order valence-electron chi connectivity index (χ0n) is 19.8. The molecule has 174 valence electrons. The minimum absolute atomic E-state index is 0.238. The van der Waals surface area contributed by atoms with Crippen molar-refractivity contribution in [1.29, 1.82) is 0 Å². The van der Waals surface area contributed by atoms with E-state index in [1.165, 1.54) is 22.0 Å². The Kier molecular flexibility index (Phi) is 7.35. The first-order chi connectivity index (χ1) is 16.1. The van der Waals surface area contributed by atoms with E-state index in [-0.39, 0.29) is 5.91 Å². The van der Waals surface area contributed by atoms with Crippen molar-refractivity contribution in [1.82, 2.24) is 9.80 Å². The molecule has 33 heavy (non-hydrogen) atoms. The predicted octanol–water partition coefficient (Wildman–Crippen LogP) is 4.03. The number of hydrogen-bond donors (Lipinski definition) is 0. The molecule has 1 fully saturated rings. The second-order valence-corrected chi connectivity index (χ2v) is 8.60. The standard InChI is InChI=1S/C27H33N3O3/c1-28(20-21-4-5-23-19-26(33-3)9-6-22(23)18-21)13-12-27(31)30-16-14-29(15-17-30)24-7-10-25(32-2)11-8-24/h4-11,18-19H,12-17,20H2,1-3H3. The van der Waals surface area contributed by atoms with Crippen LogP contribution >= 0.6 is 0 Å². The second kappa shape index (κ2) is 10.6. The van der Waals surface area contributed by atoms with Gasteiger partial charge >= 0.3 is 0 Å². The van der Waals surface area contributed by atoms with Crippen molar-refractivity contribution in [2.75, 3.05) is 58.9 Å². The van der Waals surface area contributed by atoms with Crippen LogP contribution in [-0.2, 0) is 11.3 Å². The lowest BCUT2D eigenvalue weighted by Crippen LogP contribution is -2.49. The minimum atomic E-state index is 0.238. The van der Waals surface area contributed by atoms with Gasteiger partial charge in [0, 0.05) is 51.4 Å². The van der Waals surface area contributed by atoms with Gasteiger partial charge in [-0.3, -0.25) is 4.79 Å². The van der Waals surface area contributed by atoms with E-state index in [4.69, 9.17) is 9.47 Å². The molecule has 0 atom stereocenters. The summed E-state index contributed by atoms with van der Waals surface area (Å²) in [5.74, 6) is 1.97. The van der Waals surface area contributed by atoms with E-state index in [0.29, 0.717) is 6.42 Å². The van der Waals surface area contributed by atoms with Gasteiger partial charge in [0.2, 0.25) is 5.91 Å². The summed E-state index contributed by atoms with van der Waals surface area (Å²) >= 11 is 0. The Hall–Kier alpha value is -3.25. The van der Waals surface area contributed by atoms with Gasteiger partial charge in [-0.25, -0.2) is 0 Å².